The van der Waals surface area contributed by atoms with Gasteiger partial charge in [0.1, 0.15) is 6.10 Å². The van der Waals surface area contributed by atoms with Crippen molar-refractivity contribution in [3.8, 4) is 0 Å². The van der Waals surface area contributed by atoms with Gasteiger partial charge in [-0.3, -0.25) is 19.4 Å². The van der Waals surface area contributed by atoms with E-state index in [-0.39, 0.29) is 12.0 Å². The van der Waals surface area contributed by atoms with Crippen LogP contribution in [0, 0.1) is 0 Å². The lowest BCUT2D eigenvalue weighted by Gasteiger charge is -2.36. The number of aryl methyl sites for hydroxylation is 1. The summed E-state index contributed by atoms with van der Waals surface area (Å²) >= 11 is 0. The number of nitrogens with one attached hydrogen (secondary N) is 1. The Balaban J connectivity index is 1.44. The molecular formula is C18H31N7O2. The normalized spacial score (nSPS) is 22.2. The average molecular weight is 377 g/mol. The van der Waals surface area contributed by atoms with Gasteiger partial charge in [0.15, 0.2) is 5.96 Å². The molecule has 1 amide bonds. The summed E-state index contributed by atoms with van der Waals surface area (Å²) in [5, 5.41) is 7.72. The Bertz CT molecular complexity index is 652. The third kappa shape index (κ3) is 5.20. The Morgan fingerprint density at radius 2 is 2.07 bits per heavy atom. The van der Waals surface area contributed by atoms with E-state index in [1.54, 1.807) is 11.6 Å². The largest absolute Gasteiger partial charge is 0.370 e. The van der Waals surface area contributed by atoms with Crippen LogP contribution >= 0.6 is 0 Å². The van der Waals surface area contributed by atoms with Crippen LogP contribution in [0.25, 0.3) is 0 Å². The van der Waals surface area contributed by atoms with E-state index in [1.165, 1.54) is 0 Å². The molecule has 27 heavy (non-hydrogen) atoms. The minimum Gasteiger partial charge on any atom is -0.370 e. The van der Waals surface area contributed by atoms with E-state index < -0.39 is 0 Å². The highest BCUT2D eigenvalue weighted by Crippen LogP contribution is 2.21. The van der Waals surface area contributed by atoms with Crippen LogP contribution in [0.2, 0.25) is 0 Å². The van der Waals surface area contributed by atoms with Crippen LogP contribution in [0.4, 0.5) is 0 Å². The zero-order valence-electron chi connectivity index (χ0n) is 16.6. The molecule has 0 aliphatic carbocycles. The summed E-state index contributed by atoms with van der Waals surface area (Å²) in [6, 6.07) is 0. The highest BCUT2D eigenvalue weighted by molar-refractivity contribution is 5.80. The van der Waals surface area contributed by atoms with Gasteiger partial charge < -0.3 is 19.9 Å². The predicted octanol–water partition coefficient (Wildman–Crippen LogP) is -0.467. The van der Waals surface area contributed by atoms with Crippen molar-refractivity contribution in [3.63, 3.8) is 0 Å². The van der Waals surface area contributed by atoms with E-state index in [0.717, 1.165) is 63.9 Å². The Morgan fingerprint density at radius 3 is 2.70 bits per heavy atom. The van der Waals surface area contributed by atoms with Crippen molar-refractivity contribution in [1.29, 1.82) is 0 Å². The number of hydrogen-bond donors (Lipinski definition) is 1. The maximum atomic E-state index is 11.4. The summed E-state index contributed by atoms with van der Waals surface area (Å²) in [6.45, 7) is 9.19. The summed E-state index contributed by atoms with van der Waals surface area (Å²) < 4.78 is 7.72. The monoisotopic (exact) mass is 377 g/mol. The van der Waals surface area contributed by atoms with E-state index in [2.05, 4.69) is 25.2 Å². The van der Waals surface area contributed by atoms with Crippen molar-refractivity contribution in [3.05, 3.63) is 18.0 Å². The number of guanidine groups is 1. The van der Waals surface area contributed by atoms with E-state index in [4.69, 9.17) is 4.74 Å². The number of nitrogens with zero attached hydrogens (tertiary/aromatic N) is 6. The smallest absolute Gasteiger partial charge is 0.219 e. The van der Waals surface area contributed by atoms with Gasteiger partial charge in [0.2, 0.25) is 5.91 Å². The molecule has 1 N–H and O–H groups in total. The van der Waals surface area contributed by atoms with Crippen molar-refractivity contribution < 1.29 is 9.53 Å². The van der Waals surface area contributed by atoms with Gasteiger partial charge in [-0.05, 0) is 0 Å². The maximum Gasteiger partial charge on any atom is 0.219 e. The molecular weight excluding hydrogens is 346 g/mol. The average Bonchev–Trinajstić information content (AvgIpc) is 3.12. The predicted molar refractivity (Wildman–Crippen MR) is 104 cm³/mol. The second-order valence-corrected chi connectivity index (χ2v) is 7.07. The fourth-order valence-corrected chi connectivity index (χ4v) is 3.59. The fraction of sp³-hybridized carbons (Fsp3) is 0.722. The first-order chi connectivity index (χ1) is 13.1. The SMILES string of the molecule is CN=C(NCCN1CCN(C(C)=O)CC1)N1CCOC(c2cnn(C)c2)C1. The number of amides is 1. The first-order valence-corrected chi connectivity index (χ1v) is 9.60. The second-order valence-electron chi connectivity index (χ2n) is 7.07. The van der Waals surface area contributed by atoms with Gasteiger partial charge in [0.05, 0.1) is 19.3 Å². The van der Waals surface area contributed by atoms with Crippen molar-refractivity contribution in [2.24, 2.45) is 12.0 Å². The van der Waals surface area contributed by atoms with E-state index in [9.17, 15) is 4.79 Å². The van der Waals surface area contributed by atoms with Gasteiger partial charge >= 0.3 is 0 Å². The van der Waals surface area contributed by atoms with Gasteiger partial charge in [-0.2, -0.15) is 5.10 Å². The number of carbonyl (C=O) groups is 1. The van der Waals surface area contributed by atoms with Crippen LogP contribution in [-0.2, 0) is 16.6 Å². The molecule has 3 heterocycles. The van der Waals surface area contributed by atoms with Gasteiger partial charge in [0, 0.05) is 78.6 Å². The Morgan fingerprint density at radius 1 is 1.30 bits per heavy atom. The molecule has 9 nitrogen and oxygen atoms in total. The number of morpholine rings is 1. The van der Waals surface area contributed by atoms with Gasteiger partial charge in [-0.15, -0.1) is 0 Å². The molecule has 0 spiro atoms. The van der Waals surface area contributed by atoms with Gasteiger partial charge in [-0.25, -0.2) is 0 Å². The van der Waals surface area contributed by atoms with Crippen LogP contribution < -0.4 is 5.32 Å². The summed E-state index contributed by atoms with van der Waals surface area (Å²) in [5.41, 5.74) is 1.10. The molecule has 2 aliphatic heterocycles. The quantitative estimate of drug-likeness (QED) is 0.565. The van der Waals surface area contributed by atoms with Crippen molar-refractivity contribution >= 4 is 11.9 Å². The van der Waals surface area contributed by atoms with E-state index in [0.29, 0.717) is 6.61 Å². The standard InChI is InChI=1S/C18H31N7O2/c1-15(26)24-8-6-23(7-9-24)5-4-20-18(19-2)25-10-11-27-17(14-25)16-12-21-22(3)13-16/h12-13,17H,4-11,14H2,1-3H3,(H,19,20). The third-order valence-electron chi connectivity index (χ3n) is 5.20. The minimum atomic E-state index is 0.0191. The van der Waals surface area contributed by atoms with Crippen LogP contribution in [0.1, 0.15) is 18.6 Å². The van der Waals surface area contributed by atoms with Gasteiger partial charge in [0.25, 0.3) is 0 Å². The molecule has 9 heteroatoms. The molecule has 2 saturated heterocycles. The van der Waals surface area contributed by atoms with Crippen LogP contribution in [-0.4, -0.2) is 102 Å². The minimum absolute atomic E-state index is 0.0191. The lowest BCUT2D eigenvalue weighted by molar-refractivity contribution is -0.130. The Labute approximate surface area is 161 Å². The van der Waals surface area contributed by atoms with Crippen LogP contribution in [0.5, 0.6) is 0 Å². The molecule has 1 aromatic heterocycles. The molecule has 0 aromatic carbocycles. The molecule has 0 radical (unpaired) electrons. The second kappa shape index (κ2) is 9.18. The number of aliphatic imine (C=N–C) groups is 1. The van der Waals surface area contributed by atoms with E-state index in [1.807, 2.05) is 31.4 Å². The number of rotatable bonds is 4. The van der Waals surface area contributed by atoms with Crippen molar-refractivity contribution in [2.45, 2.75) is 13.0 Å². The van der Waals surface area contributed by atoms with Crippen LogP contribution in [0.3, 0.4) is 0 Å². The topological polar surface area (TPSA) is 78.2 Å². The third-order valence-corrected chi connectivity index (χ3v) is 5.20. The molecule has 2 aliphatic rings. The molecule has 1 atom stereocenters. The highest BCUT2D eigenvalue weighted by atomic mass is 16.5. The lowest BCUT2D eigenvalue weighted by Crippen LogP contribution is -2.52. The molecule has 0 bridgehead atoms. The summed E-state index contributed by atoms with van der Waals surface area (Å²) in [7, 11) is 3.74. The zero-order valence-corrected chi connectivity index (χ0v) is 16.6. The summed E-state index contributed by atoms with van der Waals surface area (Å²) in [4.78, 5) is 22.4. The summed E-state index contributed by atoms with van der Waals surface area (Å²) in [5.74, 6) is 1.08. The maximum absolute atomic E-state index is 11.4. The first kappa shape index (κ1) is 19.6. The van der Waals surface area contributed by atoms with Crippen molar-refractivity contribution in [2.75, 3.05) is 66.0 Å². The zero-order chi connectivity index (χ0) is 19.2. The number of hydrogen-bond acceptors (Lipinski definition) is 5. The molecule has 1 aromatic rings. The van der Waals surface area contributed by atoms with Gasteiger partial charge in [-0.1, -0.05) is 0 Å². The molecule has 0 saturated carbocycles. The molecule has 1 unspecified atom stereocenters. The van der Waals surface area contributed by atoms with Crippen LogP contribution in [0.15, 0.2) is 17.4 Å². The van der Waals surface area contributed by atoms with Crippen molar-refractivity contribution in [1.82, 2.24) is 29.8 Å². The summed E-state index contributed by atoms with van der Waals surface area (Å²) in [6.07, 6.45) is 3.89. The Kier molecular flexibility index (Phi) is 6.68. The molecule has 2 fully saturated rings. The number of ether oxygens (including phenoxy) is 1. The Hall–Kier alpha value is -2.13. The first-order valence-electron chi connectivity index (χ1n) is 9.60. The highest BCUT2D eigenvalue weighted by Gasteiger charge is 2.25. The fourth-order valence-electron chi connectivity index (χ4n) is 3.59. The number of aromatic nitrogens is 2. The number of carbonyl (C=O) groups excluding carboxylic acids is 1. The lowest BCUT2D eigenvalue weighted by atomic mass is 10.1. The van der Waals surface area contributed by atoms with E-state index >= 15 is 0 Å². The number of piperazine rings is 1. The molecule has 150 valence electrons. The molecule has 3 rings (SSSR count).